The van der Waals surface area contributed by atoms with E-state index in [1.54, 1.807) is 19.9 Å². The van der Waals surface area contributed by atoms with Gasteiger partial charge in [0.05, 0.1) is 5.57 Å². The molecule has 33 heavy (non-hydrogen) atoms. The third-order valence-corrected chi connectivity index (χ3v) is 6.62. The van der Waals surface area contributed by atoms with E-state index >= 15 is 0 Å². The molecular weight excluding hydrogens is 427 g/mol. The third-order valence-electron chi connectivity index (χ3n) is 6.62. The second-order valence-electron chi connectivity index (χ2n) is 8.59. The van der Waals surface area contributed by atoms with Crippen LogP contribution in [0.25, 0.3) is 0 Å². The quantitative estimate of drug-likeness (QED) is 0.590. The topological polar surface area (TPSA) is 49.7 Å². The molecule has 1 aromatic carbocycles. The Labute approximate surface area is 193 Å². The van der Waals surface area contributed by atoms with E-state index < -0.39 is 17.7 Å². The van der Waals surface area contributed by atoms with E-state index in [9.17, 15) is 18.0 Å². The van der Waals surface area contributed by atoms with E-state index in [0.717, 1.165) is 37.3 Å². The third kappa shape index (κ3) is 5.27. The van der Waals surface area contributed by atoms with Crippen LogP contribution < -0.4 is 0 Å². The van der Waals surface area contributed by atoms with Crippen LogP contribution in [0.4, 0.5) is 13.2 Å². The van der Waals surface area contributed by atoms with Crippen LogP contribution in [0.1, 0.15) is 38.7 Å². The fourth-order valence-corrected chi connectivity index (χ4v) is 4.95. The summed E-state index contributed by atoms with van der Waals surface area (Å²) in [6, 6.07) is 9.81. The lowest BCUT2D eigenvalue weighted by Crippen LogP contribution is -2.32. The Hall–Kier alpha value is -2.73. The van der Waals surface area contributed by atoms with Gasteiger partial charge in [-0.2, -0.15) is 13.2 Å². The normalized spacial score (nSPS) is 25.2. The molecule has 0 radical (unpaired) electrons. The molecule has 3 atom stereocenters. The van der Waals surface area contributed by atoms with Gasteiger partial charge in [0.1, 0.15) is 0 Å². The van der Waals surface area contributed by atoms with Gasteiger partial charge in [-0.05, 0) is 55.4 Å². The molecule has 3 unspecified atom stereocenters. The molecule has 0 aromatic heterocycles. The van der Waals surface area contributed by atoms with Gasteiger partial charge in [-0.3, -0.25) is 9.79 Å². The van der Waals surface area contributed by atoms with E-state index in [1.165, 1.54) is 0 Å². The van der Waals surface area contributed by atoms with Gasteiger partial charge in [0, 0.05) is 42.3 Å². The monoisotopic (exact) mass is 457 g/mol. The number of aliphatic imine (C=N–C) groups is 1. The largest absolute Gasteiger partial charge is 0.414 e. The fraction of sp³-hybridized carbons (Fsp3) is 0.407. The second kappa shape index (κ2) is 10.5. The number of aliphatic hydroxyl groups excluding tert-OH is 1. The van der Waals surface area contributed by atoms with E-state index in [0.29, 0.717) is 29.7 Å². The lowest BCUT2D eigenvalue weighted by Gasteiger charge is -2.33. The molecule has 0 bridgehead atoms. The minimum Gasteiger partial charge on any atom is -0.400 e. The van der Waals surface area contributed by atoms with Gasteiger partial charge in [-0.15, -0.1) is 0 Å². The summed E-state index contributed by atoms with van der Waals surface area (Å²) in [5.74, 6) is -1.51. The summed E-state index contributed by atoms with van der Waals surface area (Å²) >= 11 is 0. The zero-order chi connectivity index (χ0) is 24.2. The zero-order valence-corrected chi connectivity index (χ0v) is 19.2. The lowest BCUT2D eigenvalue weighted by atomic mass is 9.74. The van der Waals surface area contributed by atoms with Crippen LogP contribution in [0.15, 0.2) is 82.0 Å². The molecule has 0 fully saturated rings. The number of carbonyl (C=O) groups is 1. The minimum absolute atomic E-state index is 0.0757. The molecule has 1 heterocycles. The number of aliphatic hydroxyl groups is 1. The number of alkyl halides is 3. The molecule has 0 spiro atoms. The highest BCUT2D eigenvalue weighted by atomic mass is 19.4. The van der Waals surface area contributed by atoms with E-state index in [4.69, 9.17) is 5.11 Å². The summed E-state index contributed by atoms with van der Waals surface area (Å²) in [6.07, 6.45) is 4.72. The van der Waals surface area contributed by atoms with E-state index in [-0.39, 0.29) is 17.6 Å². The Bertz CT molecular complexity index is 1030. The van der Waals surface area contributed by atoms with Crippen molar-refractivity contribution in [2.45, 2.75) is 45.7 Å². The van der Waals surface area contributed by atoms with Gasteiger partial charge in [0.15, 0.2) is 5.78 Å². The van der Waals surface area contributed by atoms with Crippen LogP contribution in [0, 0.1) is 17.8 Å². The Morgan fingerprint density at radius 2 is 1.85 bits per heavy atom. The summed E-state index contributed by atoms with van der Waals surface area (Å²) < 4.78 is 41.9. The number of benzene rings is 1. The number of carbonyl (C=O) groups excluding carboxylic acids is 1. The molecular formula is C27H30F3NO2. The predicted molar refractivity (Wildman–Crippen MR) is 125 cm³/mol. The molecule has 176 valence electrons. The number of allylic oxidation sites excluding steroid dienone is 7. The van der Waals surface area contributed by atoms with Gasteiger partial charge < -0.3 is 5.11 Å². The van der Waals surface area contributed by atoms with Crippen LogP contribution in [0.5, 0.6) is 0 Å². The van der Waals surface area contributed by atoms with Crippen molar-refractivity contribution in [2.24, 2.45) is 22.7 Å². The minimum atomic E-state index is -4.46. The average Bonchev–Trinajstić information content (AvgIpc) is 3.11. The zero-order valence-electron chi connectivity index (χ0n) is 19.2. The van der Waals surface area contributed by atoms with Crippen molar-refractivity contribution in [3.8, 4) is 0 Å². The van der Waals surface area contributed by atoms with Gasteiger partial charge in [-0.1, -0.05) is 49.4 Å². The summed E-state index contributed by atoms with van der Waals surface area (Å²) in [7, 11) is 1.00. The molecule has 1 aliphatic heterocycles. The van der Waals surface area contributed by atoms with E-state index in [2.05, 4.69) is 4.99 Å². The Morgan fingerprint density at radius 3 is 2.52 bits per heavy atom. The number of hydrogen-bond donors (Lipinski definition) is 1. The highest BCUT2D eigenvalue weighted by Gasteiger charge is 2.47. The molecule has 0 saturated carbocycles. The standard InChI is InChI=1S/C26H26F3NO.CH4O/c1-16-17(2)30-15-22(26(27,28)29)24(16)21-14-19(13-18-9-5-3-6-10-18)25-20(21)11-7-4-8-12-23(25)31;1-2/h3,5-6,8-10,12,14-16,19,24H,4,7,11,13H2,1-2H3;2H,1H3. The summed E-state index contributed by atoms with van der Waals surface area (Å²) in [4.78, 5) is 17.1. The van der Waals surface area contributed by atoms with E-state index in [1.807, 2.05) is 42.5 Å². The maximum atomic E-state index is 14.0. The predicted octanol–water partition coefficient (Wildman–Crippen LogP) is 6.17. The van der Waals surface area contributed by atoms with Crippen molar-refractivity contribution in [2.75, 3.05) is 7.11 Å². The van der Waals surface area contributed by atoms with Crippen LogP contribution in [0.2, 0.25) is 0 Å². The van der Waals surface area contributed by atoms with Gasteiger partial charge in [0.2, 0.25) is 0 Å². The van der Waals surface area contributed by atoms with Crippen LogP contribution in [-0.2, 0) is 11.2 Å². The second-order valence-corrected chi connectivity index (χ2v) is 8.59. The molecule has 0 saturated heterocycles. The molecule has 4 rings (SSSR count). The SMILES string of the molecule is CC1=NC=C(C(F)(F)F)C(C2=CC(Cc3ccccc3)C3=C2CCCC=CC3=O)C1C.CO. The van der Waals surface area contributed by atoms with Crippen molar-refractivity contribution < 1.29 is 23.1 Å². The lowest BCUT2D eigenvalue weighted by molar-refractivity contribution is -0.111. The number of hydrogen-bond acceptors (Lipinski definition) is 3. The van der Waals surface area contributed by atoms with Crippen molar-refractivity contribution in [3.63, 3.8) is 0 Å². The molecule has 6 heteroatoms. The van der Waals surface area contributed by atoms with Crippen LogP contribution in [-0.4, -0.2) is 29.9 Å². The highest BCUT2D eigenvalue weighted by molar-refractivity contribution is 6.06. The number of halogens is 3. The molecule has 0 amide bonds. The first-order valence-electron chi connectivity index (χ1n) is 11.2. The summed E-state index contributed by atoms with van der Waals surface area (Å²) in [5, 5.41) is 7.00. The number of ketones is 1. The maximum absolute atomic E-state index is 14.0. The number of rotatable bonds is 3. The maximum Gasteiger partial charge on any atom is 0.414 e. The first-order chi connectivity index (χ1) is 15.8. The summed E-state index contributed by atoms with van der Waals surface area (Å²) in [6.45, 7) is 3.58. The van der Waals surface area contributed by atoms with Crippen LogP contribution >= 0.6 is 0 Å². The van der Waals surface area contributed by atoms with Gasteiger partial charge >= 0.3 is 6.18 Å². The Morgan fingerprint density at radius 1 is 1.15 bits per heavy atom. The summed E-state index contributed by atoms with van der Waals surface area (Å²) in [5.41, 5.74) is 3.29. The molecule has 3 aliphatic rings. The number of nitrogens with zero attached hydrogens (tertiary/aromatic N) is 1. The van der Waals surface area contributed by atoms with Crippen molar-refractivity contribution >= 4 is 11.5 Å². The molecule has 1 aromatic rings. The van der Waals surface area contributed by atoms with Gasteiger partial charge in [-0.25, -0.2) is 0 Å². The van der Waals surface area contributed by atoms with Crippen LogP contribution in [0.3, 0.4) is 0 Å². The first-order valence-corrected chi connectivity index (χ1v) is 11.2. The molecule has 3 nitrogen and oxygen atoms in total. The first kappa shape index (κ1) is 24.9. The fourth-order valence-electron chi connectivity index (χ4n) is 4.95. The van der Waals surface area contributed by atoms with Gasteiger partial charge in [0.25, 0.3) is 0 Å². The Kier molecular flexibility index (Phi) is 7.90. The smallest absolute Gasteiger partial charge is 0.400 e. The van der Waals surface area contributed by atoms with Crippen molar-refractivity contribution in [1.82, 2.24) is 0 Å². The molecule has 2 aliphatic carbocycles. The van der Waals surface area contributed by atoms with Crippen molar-refractivity contribution in [1.29, 1.82) is 0 Å². The van der Waals surface area contributed by atoms with Crippen molar-refractivity contribution in [3.05, 3.63) is 82.6 Å². The molecule has 1 N–H and O–H groups in total. The average molecular weight is 458 g/mol. The Balaban J connectivity index is 0.00000149. The highest BCUT2D eigenvalue weighted by Crippen LogP contribution is 2.49.